The number of aryl methyl sites for hydroxylation is 2. The molecule has 0 amide bonds. The number of hydrogen-bond acceptors (Lipinski definition) is 7. The summed E-state index contributed by atoms with van der Waals surface area (Å²) in [4.78, 5) is 27.1. The van der Waals surface area contributed by atoms with Crippen molar-refractivity contribution in [2.45, 2.75) is 47.2 Å². The summed E-state index contributed by atoms with van der Waals surface area (Å²) in [6.45, 7) is 11.3. The van der Waals surface area contributed by atoms with Gasteiger partial charge in [-0.25, -0.2) is 19.8 Å². The van der Waals surface area contributed by atoms with Gasteiger partial charge in [0, 0.05) is 11.4 Å². The highest BCUT2D eigenvalue weighted by Gasteiger charge is 2.20. The molecule has 0 bridgehead atoms. The Morgan fingerprint density at radius 3 is 2.67 bits per heavy atom. The van der Waals surface area contributed by atoms with Crippen LogP contribution in [0.2, 0.25) is 0 Å². The maximum atomic E-state index is 12.0. The summed E-state index contributed by atoms with van der Waals surface area (Å²) in [6.07, 6.45) is 0. The number of ether oxygens (including phenoxy) is 1. The van der Waals surface area contributed by atoms with E-state index < -0.39 is 0 Å². The van der Waals surface area contributed by atoms with Crippen molar-refractivity contribution in [3.05, 3.63) is 31.7 Å². The fourth-order valence-electron chi connectivity index (χ4n) is 2.20. The van der Waals surface area contributed by atoms with Gasteiger partial charge in [0.15, 0.2) is 5.96 Å². The van der Waals surface area contributed by atoms with Crippen LogP contribution in [0.5, 0.6) is 0 Å². The topological polar surface area (TPSA) is 88.5 Å². The number of nitrogens with zero attached hydrogens (tertiary/aromatic N) is 3. The third-order valence-electron chi connectivity index (χ3n) is 3.57. The zero-order chi connectivity index (χ0) is 19.1. The Bertz CT molecular complexity index is 775. The minimum Gasteiger partial charge on any atom is -0.462 e. The standard InChI is InChI=1S/C17H25N5O2S2.HI/c1-6-18-17(19-8-13-10(3)20-9-25-13)22-12(5)15-21-11(4)14(26-15)16(23)24-7-2;/h9,12H,6-8H2,1-5H3,(H2,18,19,22);1H. The van der Waals surface area contributed by atoms with Crippen LogP contribution in [0.3, 0.4) is 0 Å². The second-order valence-corrected chi connectivity index (χ2v) is 7.58. The quantitative estimate of drug-likeness (QED) is 0.248. The Kier molecular flexibility index (Phi) is 10.2. The first-order valence-corrected chi connectivity index (χ1v) is 10.2. The van der Waals surface area contributed by atoms with E-state index in [4.69, 9.17) is 4.74 Å². The Morgan fingerprint density at radius 1 is 1.33 bits per heavy atom. The summed E-state index contributed by atoms with van der Waals surface area (Å²) in [5, 5.41) is 7.41. The van der Waals surface area contributed by atoms with Crippen molar-refractivity contribution in [3.8, 4) is 0 Å². The van der Waals surface area contributed by atoms with Gasteiger partial charge in [-0.15, -0.1) is 46.7 Å². The van der Waals surface area contributed by atoms with Gasteiger partial charge in [-0.3, -0.25) is 0 Å². The van der Waals surface area contributed by atoms with E-state index >= 15 is 0 Å². The predicted molar refractivity (Wildman–Crippen MR) is 121 cm³/mol. The lowest BCUT2D eigenvalue weighted by molar-refractivity contribution is 0.0531. The molecule has 2 aromatic rings. The predicted octanol–water partition coefficient (Wildman–Crippen LogP) is 3.83. The molecule has 0 saturated heterocycles. The molecule has 2 rings (SSSR count). The molecule has 0 aliphatic heterocycles. The van der Waals surface area contributed by atoms with Crippen LogP contribution < -0.4 is 10.6 Å². The third-order valence-corrected chi connectivity index (χ3v) is 5.81. The number of aromatic nitrogens is 2. The maximum Gasteiger partial charge on any atom is 0.350 e. The minimum absolute atomic E-state index is 0. The van der Waals surface area contributed by atoms with Gasteiger partial charge in [-0.2, -0.15) is 0 Å². The summed E-state index contributed by atoms with van der Waals surface area (Å²) in [7, 11) is 0. The first-order chi connectivity index (χ1) is 12.5. The molecule has 0 aliphatic rings. The molecule has 0 aromatic carbocycles. The summed E-state index contributed by atoms with van der Waals surface area (Å²) in [6, 6.07) is -0.0813. The van der Waals surface area contributed by atoms with Crippen LogP contribution in [0.25, 0.3) is 0 Å². The van der Waals surface area contributed by atoms with Gasteiger partial charge < -0.3 is 15.4 Å². The fraction of sp³-hybridized carbons (Fsp3) is 0.529. The fourth-order valence-corrected chi connectivity index (χ4v) is 3.87. The van der Waals surface area contributed by atoms with Crippen molar-refractivity contribution < 1.29 is 9.53 Å². The van der Waals surface area contributed by atoms with Gasteiger partial charge in [0.2, 0.25) is 0 Å². The second-order valence-electron chi connectivity index (χ2n) is 5.61. The molecule has 0 fully saturated rings. The number of esters is 1. The van der Waals surface area contributed by atoms with Gasteiger partial charge in [-0.1, -0.05) is 0 Å². The lowest BCUT2D eigenvalue weighted by atomic mass is 10.3. The van der Waals surface area contributed by atoms with E-state index in [1.165, 1.54) is 11.3 Å². The van der Waals surface area contributed by atoms with Crippen LogP contribution in [0.1, 0.15) is 57.8 Å². The second kappa shape index (κ2) is 11.5. The number of halogens is 1. The number of thiazole rings is 2. The van der Waals surface area contributed by atoms with Crippen molar-refractivity contribution in [1.29, 1.82) is 0 Å². The molecule has 2 heterocycles. The monoisotopic (exact) mass is 523 g/mol. The molecule has 2 N–H and O–H groups in total. The highest BCUT2D eigenvalue weighted by molar-refractivity contribution is 14.0. The zero-order valence-corrected chi connectivity index (χ0v) is 20.1. The van der Waals surface area contributed by atoms with E-state index in [-0.39, 0.29) is 36.0 Å². The average Bonchev–Trinajstić information content (AvgIpc) is 3.19. The average molecular weight is 523 g/mol. The summed E-state index contributed by atoms with van der Waals surface area (Å²) >= 11 is 2.96. The molecule has 150 valence electrons. The SMILES string of the molecule is CCNC(=NCc1scnc1C)NC(C)c1nc(C)c(C(=O)OCC)s1.I. The number of hydrogen-bond donors (Lipinski definition) is 2. The molecular formula is C17H26IN5O2S2. The van der Waals surface area contributed by atoms with E-state index in [2.05, 4.69) is 25.6 Å². The van der Waals surface area contributed by atoms with Crippen molar-refractivity contribution in [2.75, 3.05) is 13.2 Å². The number of aliphatic imine (C=N–C) groups is 1. The molecule has 1 unspecified atom stereocenters. The maximum absolute atomic E-state index is 12.0. The number of rotatable bonds is 7. The number of carbonyl (C=O) groups is 1. The first kappa shape index (κ1) is 23.8. The Morgan fingerprint density at radius 2 is 2.07 bits per heavy atom. The molecule has 0 radical (unpaired) electrons. The molecule has 7 nitrogen and oxygen atoms in total. The highest BCUT2D eigenvalue weighted by Crippen LogP contribution is 2.24. The van der Waals surface area contributed by atoms with Crippen molar-refractivity contribution in [3.63, 3.8) is 0 Å². The molecule has 0 saturated carbocycles. The van der Waals surface area contributed by atoms with E-state index in [0.717, 1.165) is 22.1 Å². The summed E-state index contributed by atoms with van der Waals surface area (Å²) < 4.78 is 5.08. The molecule has 27 heavy (non-hydrogen) atoms. The molecule has 0 aliphatic carbocycles. The van der Waals surface area contributed by atoms with Crippen molar-refractivity contribution >= 4 is 58.6 Å². The molecule has 2 aromatic heterocycles. The van der Waals surface area contributed by atoms with Crippen LogP contribution in [0.15, 0.2) is 10.5 Å². The molecular weight excluding hydrogens is 497 g/mol. The number of carbonyl (C=O) groups excluding carboxylic acids is 1. The van der Waals surface area contributed by atoms with E-state index in [0.29, 0.717) is 29.7 Å². The summed E-state index contributed by atoms with van der Waals surface area (Å²) in [5.41, 5.74) is 3.54. The van der Waals surface area contributed by atoms with Gasteiger partial charge in [0.05, 0.1) is 36.1 Å². The highest BCUT2D eigenvalue weighted by atomic mass is 127. The van der Waals surface area contributed by atoms with Crippen LogP contribution in [0, 0.1) is 13.8 Å². The van der Waals surface area contributed by atoms with Gasteiger partial charge in [0.25, 0.3) is 0 Å². The van der Waals surface area contributed by atoms with Crippen molar-refractivity contribution in [2.24, 2.45) is 4.99 Å². The molecule has 1 atom stereocenters. The summed E-state index contributed by atoms with van der Waals surface area (Å²) in [5.74, 6) is 0.389. The lowest BCUT2D eigenvalue weighted by Gasteiger charge is -2.15. The largest absolute Gasteiger partial charge is 0.462 e. The minimum atomic E-state index is -0.317. The number of guanidine groups is 1. The van der Waals surface area contributed by atoms with E-state index in [1.807, 2.05) is 33.2 Å². The van der Waals surface area contributed by atoms with Crippen LogP contribution in [-0.2, 0) is 11.3 Å². The van der Waals surface area contributed by atoms with Gasteiger partial charge >= 0.3 is 5.97 Å². The molecule has 0 spiro atoms. The lowest BCUT2D eigenvalue weighted by Crippen LogP contribution is -2.38. The molecule has 10 heteroatoms. The Hall–Kier alpha value is -1.27. The normalized spacial score (nSPS) is 12.3. The van der Waals surface area contributed by atoms with E-state index in [9.17, 15) is 4.79 Å². The van der Waals surface area contributed by atoms with Gasteiger partial charge in [-0.05, 0) is 34.6 Å². The smallest absolute Gasteiger partial charge is 0.350 e. The van der Waals surface area contributed by atoms with Crippen LogP contribution >= 0.6 is 46.7 Å². The van der Waals surface area contributed by atoms with Gasteiger partial charge in [0.1, 0.15) is 9.88 Å². The zero-order valence-electron chi connectivity index (χ0n) is 16.2. The Labute approximate surface area is 185 Å². The third kappa shape index (κ3) is 6.68. The van der Waals surface area contributed by atoms with Crippen LogP contribution in [-0.4, -0.2) is 35.0 Å². The Balaban J connectivity index is 0.00000364. The first-order valence-electron chi connectivity index (χ1n) is 8.54. The van der Waals surface area contributed by atoms with Crippen LogP contribution in [0.4, 0.5) is 0 Å². The number of nitrogens with one attached hydrogen (secondary N) is 2. The van der Waals surface area contributed by atoms with E-state index in [1.54, 1.807) is 18.3 Å². The van der Waals surface area contributed by atoms with Crippen molar-refractivity contribution in [1.82, 2.24) is 20.6 Å².